The van der Waals surface area contributed by atoms with Crippen LogP contribution in [-0.4, -0.2) is 57.1 Å². The quantitative estimate of drug-likeness (QED) is 0.769. The first-order chi connectivity index (χ1) is 10.1. The molecule has 3 aliphatic heterocycles. The average Bonchev–Trinajstić information content (AvgIpc) is 2.96. The van der Waals surface area contributed by atoms with Gasteiger partial charge < -0.3 is 15.0 Å². The molecule has 1 atom stereocenters. The van der Waals surface area contributed by atoms with E-state index in [-0.39, 0.29) is 17.5 Å². The molecule has 0 aliphatic carbocycles. The van der Waals surface area contributed by atoms with Gasteiger partial charge in [-0.1, -0.05) is 0 Å². The lowest BCUT2D eigenvalue weighted by atomic mass is 10.1. The molecule has 114 valence electrons. The maximum Gasteiger partial charge on any atom is 0.256 e. The average molecular weight is 311 g/mol. The van der Waals surface area contributed by atoms with Crippen LogP contribution in [0.15, 0.2) is 28.3 Å². The summed E-state index contributed by atoms with van der Waals surface area (Å²) in [5, 5.41) is 2.83. The molecule has 1 N–H and O–H groups in total. The molecule has 21 heavy (non-hydrogen) atoms. The van der Waals surface area contributed by atoms with Gasteiger partial charge in [0.2, 0.25) is 0 Å². The van der Waals surface area contributed by atoms with E-state index < -0.39 is 10.0 Å². The fraction of sp³-hybridized carbons (Fsp3) is 0.538. The topological polar surface area (TPSA) is 88.1 Å². The number of carbonyl (C=O) groups excluding carboxylic acids is 1. The molecule has 0 aromatic carbocycles. The van der Waals surface area contributed by atoms with Crippen molar-refractivity contribution >= 4 is 21.8 Å². The summed E-state index contributed by atoms with van der Waals surface area (Å²) in [5.74, 6) is 0.202. The van der Waals surface area contributed by atoms with Crippen molar-refractivity contribution in [3.05, 3.63) is 23.9 Å². The van der Waals surface area contributed by atoms with Crippen LogP contribution in [0.2, 0.25) is 0 Å². The zero-order valence-electron chi connectivity index (χ0n) is 11.5. The van der Waals surface area contributed by atoms with Crippen LogP contribution >= 0.6 is 0 Å². The van der Waals surface area contributed by atoms with Gasteiger partial charge in [0.25, 0.3) is 15.9 Å². The molecule has 0 bridgehead atoms. The molecule has 0 saturated carbocycles. The fourth-order valence-corrected chi connectivity index (χ4v) is 3.46. The number of sulfonamides is 1. The lowest BCUT2D eigenvalue weighted by Gasteiger charge is -2.28. The van der Waals surface area contributed by atoms with Crippen molar-refractivity contribution in [2.45, 2.75) is 6.42 Å². The Morgan fingerprint density at radius 3 is 3.14 bits per heavy atom. The summed E-state index contributed by atoms with van der Waals surface area (Å²) in [6.07, 6.45) is 5.98. The molecule has 1 amide bonds. The third-order valence-corrected chi connectivity index (χ3v) is 4.83. The standard InChI is InChI=1S/C13H17N3O4S/c17-13(14-8-10-3-6-20-9-10)11-2-1-4-16-5-7-21(18,19)15-12(11)16/h1-2,4,10H,3,5-9H2,(H,14,17). The number of allylic oxidation sites excluding steroid dienone is 2. The highest BCUT2D eigenvalue weighted by atomic mass is 32.2. The number of nitrogens with one attached hydrogen (secondary N) is 1. The molecular weight excluding hydrogens is 294 g/mol. The molecule has 0 aromatic rings. The first-order valence-corrected chi connectivity index (χ1v) is 8.50. The van der Waals surface area contributed by atoms with Crippen LogP contribution in [0.25, 0.3) is 0 Å². The van der Waals surface area contributed by atoms with E-state index in [0.717, 1.165) is 13.0 Å². The molecular formula is C13H17N3O4S. The van der Waals surface area contributed by atoms with Gasteiger partial charge in [-0.25, -0.2) is 8.42 Å². The number of fused-ring (bicyclic) bond motifs is 1. The predicted octanol–water partition coefficient (Wildman–Crippen LogP) is -0.363. The van der Waals surface area contributed by atoms with Crippen molar-refractivity contribution in [1.29, 1.82) is 0 Å². The highest BCUT2D eigenvalue weighted by molar-refractivity contribution is 7.90. The molecule has 0 aromatic heterocycles. The number of hydrogen-bond acceptors (Lipinski definition) is 5. The smallest absolute Gasteiger partial charge is 0.256 e. The van der Waals surface area contributed by atoms with Crippen molar-refractivity contribution in [3.8, 4) is 0 Å². The highest BCUT2D eigenvalue weighted by Crippen LogP contribution is 2.18. The van der Waals surface area contributed by atoms with E-state index in [1.807, 2.05) is 0 Å². The molecule has 0 spiro atoms. The molecule has 8 heteroatoms. The maximum atomic E-state index is 12.3. The monoisotopic (exact) mass is 311 g/mol. The van der Waals surface area contributed by atoms with Crippen molar-refractivity contribution in [2.75, 3.05) is 32.1 Å². The van der Waals surface area contributed by atoms with Crippen molar-refractivity contribution < 1.29 is 17.9 Å². The Kier molecular flexibility index (Phi) is 3.81. The number of hydrogen-bond donors (Lipinski definition) is 1. The zero-order chi connectivity index (χ0) is 14.9. The number of amidine groups is 1. The summed E-state index contributed by atoms with van der Waals surface area (Å²) in [6, 6.07) is 0. The summed E-state index contributed by atoms with van der Waals surface area (Å²) in [6.45, 7) is 2.23. The Balaban J connectivity index is 1.73. The van der Waals surface area contributed by atoms with Gasteiger partial charge in [-0.15, -0.1) is 4.40 Å². The summed E-state index contributed by atoms with van der Waals surface area (Å²) in [7, 11) is -3.48. The van der Waals surface area contributed by atoms with Crippen molar-refractivity contribution in [2.24, 2.45) is 10.3 Å². The fourth-order valence-electron chi connectivity index (χ4n) is 2.47. The van der Waals surface area contributed by atoms with E-state index in [2.05, 4.69) is 9.71 Å². The van der Waals surface area contributed by atoms with Gasteiger partial charge in [0.05, 0.1) is 17.9 Å². The van der Waals surface area contributed by atoms with Crippen LogP contribution in [0.1, 0.15) is 6.42 Å². The number of nitrogens with zero attached hydrogens (tertiary/aromatic N) is 2. The SMILES string of the molecule is O=C(NCC1CCOC1)C1=CC=CN2CCS(=O)(=O)N=C12. The Hall–Kier alpha value is -1.67. The third-order valence-electron chi connectivity index (χ3n) is 3.68. The molecule has 7 nitrogen and oxygen atoms in total. The van der Waals surface area contributed by atoms with Gasteiger partial charge in [-0.3, -0.25) is 4.79 Å². The lowest BCUT2D eigenvalue weighted by molar-refractivity contribution is -0.117. The second-order valence-electron chi connectivity index (χ2n) is 5.26. The minimum Gasteiger partial charge on any atom is -0.381 e. The Bertz CT molecular complexity index is 630. The van der Waals surface area contributed by atoms with Crippen LogP contribution < -0.4 is 5.32 Å². The number of ether oxygens (including phenoxy) is 1. The van der Waals surface area contributed by atoms with Gasteiger partial charge in [0.1, 0.15) is 0 Å². The third kappa shape index (κ3) is 3.16. The number of rotatable bonds is 3. The summed E-state index contributed by atoms with van der Waals surface area (Å²) < 4.78 is 32.2. The first-order valence-electron chi connectivity index (χ1n) is 6.89. The van der Waals surface area contributed by atoms with Crippen molar-refractivity contribution in [3.63, 3.8) is 0 Å². The van der Waals surface area contributed by atoms with Crippen LogP contribution in [0.4, 0.5) is 0 Å². The summed E-state index contributed by atoms with van der Waals surface area (Å²) in [4.78, 5) is 14.0. The molecule has 3 heterocycles. The molecule has 1 fully saturated rings. The minimum atomic E-state index is -3.48. The van der Waals surface area contributed by atoms with E-state index in [9.17, 15) is 13.2 Å². The second kappa shape index (κ2) is 5.61. The van der Waals surface area contributed by atoms with Gasteiger partial charge in [-0.2, -0.15) is 0 Å². The van der Waals surface area contributed by atoms with E-state index in [4.69, 9.17) is 4.74 Å². The largest absolute Gasteiger partial charge is 0.381 e. The van der Waals surface area contributed by atoms with E-state index in [1.54, 1.807) is 23.3 Å². The van der Waals surface area contributed by atoms with Crippen LogP contribution in [0.3, 0.4) is 0 Å². The van der Waals surface area contributed by atoms with Crippen molar-refractivity contribution in [1.82, 2.24) is 10.2 Å². The first kappa shape index (κ1) is 14.3. The predicted molar refractivity (Wildman–Crippen MR) is 77.1 cm³/mol. The number of amides is 1. The second-order valence-corrected chi connectivity index (χ2v) is 7.01. The summed E-state index contributed by atoms with van der Waals surface area (Å²) >= 11 is 0. The maximum absolute atomic E-state index is 12.3. The van der Waals surface area contributed by atoms with E-state index in [0.29, 0.717) is 31.2 Å². The van der Waals surface area contributed by atoms with Gasteiger partial charge in [0, 0.05) is 31.8 Å². The van der Waals surface area contributed by atoms with Gasteiger partial charge in [-0.05, 0) is 18.6 Å². The highest BCUT2D eigenvalue weighted by Gasteiger charge is 2.30. The summed E-state index contributed by atoms with van der Waals surface area (Å²) in [5.41, 5.74) is 0.291. The molecule has 3 rings (SSSR count). The van der Waals surface area contributed by atoms with Crippen LogP contribution in [0, 0.1) is 5.92 Å². The van der Waals surface area contributed by atoms with Crippen LogP contribution in [-0.2, 0) is 19.6 Å². The Morgan fingerprint density at radius 2 is 2.38 bits per heavy atom. The molecule has 1 saturated heterocycles. The molecule has 1 unspecified atom stereocenters. The Labute approximate surface area is 123 Å². The normalized spacial score (nSPS) is 26.9. The van der Waals surface area contributed by atoms with Crippen LogP contribution in [0.5, 0.6) is 0 Å². The number of carbonyl (C=O) groups is 1. The molecule has 3 aliphatic rings. The van der Waals surface area contributed by atoms with Gasteiger partial charge >= 0.3 is 0 Å². The van der Waals surface area contributed by atoms with E-state index >= 15 is 0 Å². The lowest BCUT2D eigenvalue weighted by Crippen LogP contribution is -2.43. The minimum absolute atomic E-state index is 0.0326. The van der Waals surface area contributed by atoms with E-state index in [1.165, 1.54) is 0 Å². The molecule has 0 radical (unpaired) electrons. The Morgan fingerprint density at radius 1 is 1.52 bits per heavy atom. The zero-order valence-corrected chi connectivity index (χ0v) is 12.3. The van der Waals surface area contributed by atoms with Gasteiger partial charge in [0.15, 0.2) is 5.84 Å².